The fourth-order valence-corrected chi connectivity index (χ4v) is 2.24. The van der Waals surface area contributed by atoms with Crippen molar-refractivity contribution in [2.75, 3.05) is 5.32 Å². The summed E-state index contributed by atoms with van der Waals surface area (Å²) in [4.78, 5) is 8.59. The Morgan fingerprint density at radius 3 is 2.32 bits per heavy atom. The molecule has 0 aliphatic rings. The van der Waals surface area contributed by atoms with Crippen LogP contribution in [0.15, 0.2) is 30.8 Å². The van der Waals surface area contributed by atoms with E-state index in [1.807, 2.05) is 26.0 Å². The zero-order valence-corrected chi connectivity index (χ0v) is 12.2. The van der Waals surface area contributed by atoms with Gasteiger partial charge in [0.25, 0.3) is 0 Å². The van der Waals surface area contributed by atoms with Crippen LogP contribution in [-0.2, 0) is 0 Å². The number of nitrogens with one attached hydrogen (secondary N) is 1. The number of benzene rings is 1. The van der Waals surface area contributed by atoms with Gasteiger partial charge in [0.15, 0.2) is 0 Å². The molecule has 5 heteroatoms. The van der Waals surface area contributed by atoms with Crippen molar-refractivity contribution >= 4 is 34.8 Å². The second-order valence-electron chi connectivity index (χ2n) is 4.20. The first-order chi connectivity index (χ1) is 8.95. The van der Waals surface area contributed by atoms with E-state index in [9.17, 15) is 0 Å². The van der Waals surface area contributed by atoms with E-state index in [0.29, 0.717) is 21.7 Å². The predicted molar refractivity (Wildman–Crippen MR) is 80.6 cm³/mol. The standard InChI is InChI=1S/C14H13Cl2N3/c1-8-6-9(2)18-14(17-8)19-10(3)12-5-4-11(15)7-13(12)16/h4-7H,3H2,1-2H3,(H,17,18,19). The van der Waals surface area contributed by atoms with Crippen molar-refractivity contribution in [1.82, 2.24) is 9.97 Å². The highest BCUT2D eigenvalue weighted by atomic mass is 35.5. The number of rotatable bonds is 3. The Morgan fingerprint density at radius 2 is 1.74 bits per heavy atom. The molecule has 0 atom stereocenters. The van der Waals surface area contributed by atoms with E-state index in [4.69, 9.17) is 23.2 Å². The lowest BCUT2D eigenvalue weighted by Crippen LogP contribution is -2.04. The molecule has 2 rings (SSSR count). The summed E-state index contributed by atoms with van der Waals surface area (Å²) < 4.78 is 0. The number of anilines is 1. The Labute approximate surface area is 122 Å². The minimum atomic E-state index is 0.508. The topological polar surface area (TPSA) is 37.8 Å². The van der Waals surface area contributed by atoms with Crippen LogP contribution in [0.3, 0.4) is 0 Å². The molecule has 19 heavy (non-hydrogen) atoms. The predicted octanol–water partition coefficient (Wildman–Crippen LogP) is 4.48. The molecule has 0 spiro atoms. The highest BCUT2D eigenvalue weighted by Crippen LogP contribution is 2.26. The first-order valence-electron chi connectivity index (χ1n) is 5.69. The molecule has 0 saturated heterocycles. The third-order valence-electron chi connectivity index (χ3n) is 2.50. The van der Waals surface area contributed by atoms with Crippen molar-refractivity contribution in [1.29, 1.82) is 0 Å². The Bertz CT molecular complexity index is 618. The fraction of sp³-hybridized carbons (Fsp3) is 0.143. The van der Waals surface area contributed by atoms with Crippen LogP contribution in [0.4, 0.5) is 5.95 Å². The van der Waals surface area contributed by atoms with Gasteiger partial charge >= 0.3 is 0 Å². The number of hydrogen-bond acceptors (Lipinski definition) is 3. The molecule has 1 heterocycles. The van der Waals surface area contributed by atoms with E-state index in [1.54, 1.807) is 12.1 Å². The third kappa shape index (κ3) is 3.46. The Kier molecular flexibility index (Phi) is 4.08. The second kappa shape index (κ2) is 5.59. The Morgan fingerprint density at radius 1 is 1.11 bits per heavy atom. The van der Waals surface area contributed by atoms with E-state index in [2.05, 4.69) is 21.9 Å². The van der Waals surface area contributed by atoms with Gasteiger partial charge < -0.3 is 5.32 Å². The molecule has 0 aliphatic heterocycles. The van der Waals surface area contributed by atoms with Gasteiger partial charge in [-0.05, 0) is 38.1 Å². The quantitative estimate of drug-likeness (QED) is 0.906. The summed E-state index contributed by atoms with van der Waals surface area (Å²) in [6.07, 6.45) is 0. The van der Waals surface area contributed by atoms with Crippen molar-refractivity contribution in [3.8, 4) is 0 Å². The van der Waals surface area contributed by atoms with Gasteiger partial charge in [0.05, 0.1) is 5.02 Å². The van der Waals surface area contributed by atoms with Crippen molar-refractivity contribution in [3.05, 3.63) is 57.8 Å². The van der Waals surface area contributed by atoms with Crippen LogP contribution in [0.1, 0.15) is 17.0 Å². The van der Waals surface area contributed by atoms with Gasteiger partial charge in [0.2, 0.25) is 5.95 Å². The number of hydrogen-bond donors (Lipinski definition) is 1. The van der Waals surface area contributed by atoms with Crippen LogP contribution in [-0.4, -0.2) is 9.97 Å². The SMILES string of the molecule is C=C(Nc1nc(C)cc(C)n1)c1ccc(Cl)cc1Cl. The molecule has 0 unspecified atom stereocenters. The smallest absolute Gasteiger partial charge is 0.227 e. The molecule has 98 valence electrons. The second-order valence-corrected chi connectivity index (χ2v) is 5.05. The van der Waals surface area contributed by atoms with Gasteiger partial charge in [-0.1, -0.05) is 29.8 Å². The maximum atomic E-state index is 6.13. The molecule has 2 aromatic rings. The molecule has 1 aromatic carbocycles. The average molecular weight is 294 g/mol. The van der Waals surface area contributed by atoms with Gasteiger partial charge in [0.1, 0.15) is 0 Å². The van der Waals surface area contributed by atoms with Crippen molar-refractivity contribution in [2.45, 2.75) is 13.8 Å². The molecule has 0 amide bonds. The number of aromatic nitrogens is 2. The van der Waals surface area contributed by atoms with Gasteiger partial charge in [0, 0.05) is 27.7 Å². The lowest BCUT2D eigenvalue weighted by molar-refractivity contribution is 1.06. The van der Waals surface area contributed by atoms with Crippen molar-refractivity contribution in [3.63, 3.8) is 0 Å². The molecule has 0 saturated carbocycles. The van der Waals surface area contributed by atoms with E-state index in [-0.39, 0.29) is 0 Å². The van der Waals surface area contributed by atoms with Crippen LogP contribution in [0.2, 0.25) is 10.0 Å². The van der Waals surface area contributed by atoms with Gasteiger partial charge in [-0.2, -0.15) is 0 Å². The highest BCUT2D eigenvalue weighted by Gasteiger charge is 2.07. The molecule has 0 aliphatic carbocycles. The first-order valence-corrected chi connectivity index (χ1v) is 6.45. The monoisotopic (exact) mass is 293 g/mol. The molecular weight excluding hydrogens is 281 g/mol. The fourth-order valence-electron chi connectivity index (χ4n) is 1.72. The van der Waals surface area contributed by atoms with E-state index < -0.39 is 0 Å². The summed E-state index contributed by atoms with van der Waals surface area (Å²) in [6.45, 7) is 7.78. The van der Waals surface area contributed by atoms with Gasteiger partial charge in [-0.25, -0.2) is 9.97 Å². The summed E-state index contributed by atoms with van der Waals surface area (Å²) in [5.74, 6) is 0.508. The van der Waals surface area contributed by atoms with E-state index >= 15 is 0 Å². The van der Waals surface area contributed by atoms with E-state index in [0.717, 1.165) is 17.0 Å². The molecule has 1 aromatic heterocycles. The van der Waals surface area contributed by atoms with Crippen LogP contribution < -0.4 is 5.32 Å². The van der Waals surface area contributed by atoms with Gasteiger partial charge in [-0.15, -0.1) is 0 Å². The molecule has 0 radical (unpaired) electrons. The minimum absolute atomic E-state index is 0.508. The molecule has 0 fully saturated rings. The number of aryl methyl sites for hydroxylation is 2. The summed E-state index contributed by atoms with van der Waals surface area (Å²) in [6, 6.07) is 7.15. The highest BCUT2D eigenvalue weighted by molar-refractivity contribution is 6.35. The first kappa shape index (κ1) is 13.8. The minimum Gasteiger partial charge on any atom is -0.324 e. The normalized spacial score (nSPS) is 10.3. The van der Waals surface area contributed by atoms with Crippen LogP contribution in [0.25, 0.3) is 5.70 Å². The maximum absolute atomic E-state index is 6.13. The summed E-state index contributed by atoms with van der Waals surface area (Å²) in [5, 5.41) is 4.18. The number of nitrogens with zero attached hydrogens (tertiary/aromatic N) is 2. The summed E-state index contributed by atoms with van der Waals surface area (Å²) in [5.41, 5.74) is 3.19. The van der Waals surface area contributed by atoms with Crippen molar-refractivity contribution in [2.24, 2.45) is 0 Å². The van der Waals surface area contributed by atoms with Gasteiger partial charge in [-0.3, -0.25) is 0 Å². The van der Waals surface area contributed by atoms with Crippen LogP contribution >= 0.6 is 23.2 Å². The average Bonchev–Trinajstić information content (AvgIpc) is 2.26. The summed E-state index contributed by atoms with van der Waals surface area (Å²) in [7, 11) is 0. The van der Waals surface area contributed by atoms with Crippen LogP contribution in [0.5, 0.6) is 0 Å². The third-order valence-corrected chi connectivity index (χ3v) is 3.05. The van der Waals surface area contributed by atoms with E-state index in [1.165, 1.54) is 0 Å². The maximum Gasteiger partial charge on any atom is 0.227 e. The number of halogens is 2. The zero-order chi connectivity index (χ0) is 14.0. The lowest BCUT2D eigenvalue weighted by atomic mass is 10.2. The Hall–Kier alpha value is -1.58. The molecule has 1 N–H and O–H groups in total. The Balaban J connectivity index is 2.25. The van der Waals surface area contributed by atoms with Crippen LogP contribution in [0, 0.1) is 13.8 Å². The zero-order valence-electron chi connectivity index (χ0n) is 10.7. The van der Waals surface area contributed by atoms with Crippen molar-refractivity contribution < 1.29 is 0 Å². The summed E-state index contributed by atoms with van der Waals surface area (Å²) >= 11 is 12.0. The largest absolute Gasteiger partial charge is 0.324 e. The molecular formula is C14H13Cl2N3. The molecule has 0 bridgehead atoms. The molecule has 3 nitrogen and oxygen atoms in total. The lowest BCUT2D eigenvalue weighted by Gasteiger charge is -2.11.